The smallest absolute Gasteiger partial charge is 0.114 e. The summed E-state index contributed by atoms with van der Waals surface area (Å²) in [7, 11) is 0. The van der Waals surface area contributed by atoms with Gasteiger partial charge in [0, 0.05) is 0 Å². The number of rotatable bonds is 1. The Morgan fingerprint density at radius 3 is 2.42 bits per heavy atom. The summed E-state index contributed by atoms with van der Waals surface area (Å²) >= 11 is 0. The second kappa shape index (κ2) is 2.33. The van der Waals surface area contributed by atoms with Crippen LogP contribution in [-0.4, -0.2) is 6.61 Å². The van der Waals surface area contributed by atoms with Gasteiger partial charge in [-0.3, -0.25) is 0 Å². The van der Waals surface area contributed by atoms with Crippen LogP contribution < -0.4 is 0 Å². The highest BCUT2D eigenvalue weighted by atomic mass is 16.6. The topological polar surface area (TPSA) is 36.3 Å². The van der Waals surface area contributed by atoms with Crippen molar-refractivity contribution in [1.82, 2.24) is 0 Å². The van der Waals surface area contributed by atoms with Crippen LogP contribution in [0, 0.1) is 11.3 Å². The minimum Gasteiger partial charge on any atom is -0.365 e. The van der Waals surface area contributed by atoms with Gasteiger partial charge in [-0.15, -0.1) is 0 Å². The number of ether oxygens (including phenoxy) is 1. The van der Waals surface area contributed by atoms with Crippen LogP contribution in [0.15, 0.2) is 24.3 Å². The van der Waals surface area contributed by atoms with Gasteiger partial charge in [0.1, 0.15) is 5.60 Å². The normalized spacial score (nSPS) is 26.3. The van der Waals surface area contributed by atoms with E-state index in [1.807, 2.05) is 31.2 Å². The number of nitriles is 1. The fraction of sp³-hybridized carbons (Fsp3) is 0.300. The van der Waals surface area contributed by atoms with Crippen molar-refractivity contribution in [3.05, 3.63) is 35.4 Å². The first-order valence-corrected chi connectivity index (χ1v) is 3.89. The van der Waals surface area contributed by atoms with E-state index in [-0.39, 0.29) is 5.60 Å². The van der Waals surface area contributed by atoms with E-state index in [9.17, 15) is 0 Å². The van der Waals surface area contributed by atoms with E-state index >= 15 is 0 Å². The third kappa shape index (κ3) is 1.09. The molecule has 0 saturated carbocycles. The van der Waals surface area contributed by atoms with Gasteiger partial charge < -0.3 is 4.74 Å². The summed E-state index contributed by atoms with van der Waals surface area (Å²) in [5.41, 5.74) is 1.78. The van der Waals surface area contributed by atoms with Gasteiger partial charge >= 0.3 is 0 Å². The molecule has 1 aromatic carbocycles. The first-order chi connectivity index (χ1) is 5.74. The molecule has 60 valence electrons. The summed E-state index contributed by atoms with van der Waals surface area (Å²) in [4.78, 5) is 0. The molecule has 12 heavy (non-hydrogen) atoms. The third-order valence-corrected chi connectivity index (χ3v) is 2.20. The number of nitrogens with zero attached hydrogens (tertiary/aromatic N) is 1. The molecule has 1 atom stereocenters. The molecule has 2 heteroatoms. The summed E-state index contributed by atoms with van der Waals surface area (Å²) in [5.74, 6) is 0. The van der Waals surface area contributed by atoms with Crippen LogP contribution in [0.4, 0.5) is 0 Å². The predicted octanol–water partition coefficient (Wildman–Crippen LogP) is 1.80. The van der Waals surface area contributed by atoms with Crippen LogP contribution in [0.3, 0.4) is 0 Å². The molecule has 0 aliphatic carbocycles. The zero-order valence-corrected chi connectivity index (χ0v) is 6.87. The van der Waals surface area contributed by atoms with Gasteiger partial charge in [-0.2, -0.15) is 5.26 Å². The lowest BCUT2D eigenvalue weighted by atomic mass is 10.0. The first kappa shape index (κ1) is 7.33. The van der Waals surface area contributed by atoms with Crippen LogP contribution in [0.25, 0.3) is 0 Å². The molecule has 0 aromatic heterocycles. The fourth-order valence-electron chi connectivity index (χ4n) is 1.17. The fourth-order valence-corrected chi connectivity index (χ4v) is 1.17. The Bertz CT molecular complexity index is 330. The minimum absolute atomic E-state index is 0.0754. The average Bonchev–Trinajstić information content (AvgIpc) is 2.85. The molecule has 1 aromatic rings. The summed E-state index contributed by atoms with van der Waals surface area (Å²) in [6.07, 6.45) is 0. The van der Waals surface area contributed by atoms with Crippen molar-refractivity contribution < 1.29 is 4.74 Å². The van der Waals surface area contributed by atoms with E-state index in [4.69, 9.17) is 10.00 Å². The molecule has 1 aliphatic heterocycles. The Morgan fingerprint density at radius 1 is 1.42 bits per heavy atom. The molecular weight excluding hydrogens is 150 g/mol. The molecule has 0 amide bonds. The summed E-state index contributed by atoms with van der Waals surface area (Å²) in [5, 5.41) is 8.57. The maximum atomic E-state index is 8.57. The second-order valence-corrected chi connectivity index (χ2v) is 3.21. The van der Waals surface area contributed by atoms with Crippen molar-refractivity contribution in [2.45, 2.75) is 12.5 Å². The van der Waals surface area contributed by atoms with Gasteiger partial charge in [0.25, 0.3) is 0 Å². The van der Waals surface area contributed by atoms with E-state index in [1.54, 1.807) is 0 Å². The van der Waals surface area contributed by atoms with E-state index in [2.05, 4.69) is 6.07 Å². The van der Waals surface area contributed by atoms with Gasteiger partial charge in [-0.1, -0.05) is 12.1 Å². The molecule has 1 saturated heterocycles. The van der Waals surface area contributed by atoms with Crippen molar-refractivity contribution >= 4 is 0 Å². The first-order valence-electron chi connectivity index (χ1n) is 3.89. The van der Waals surface area contributed by atoms with Gasteiger partial charge in [0.2, 0.25) is 0 Å². The number of benzene rings is 1. The van der Waals surface area contributed by atoms with Crippen LogP contribution >= 0.6 is 0 Å². The van der Waals surface area contributed by atoms with Gasteiger partial charge in [-0.25, -0.2) is 0 Å². The molecule has 1 heterocycles. The Kier molecular flexibility index (Phi) is 1.42. The zero-order chi connectivity index (χ0) is 8.60. The SMILES string of the molecule is C[C@@]1(c2ccc(C#N)cc2)CO1. The molecule has 1 aliphatic rings. The van der Waals surface area contributed by atoms with Crippen molar-refractivity contribution in [3.8, 4) is 6.07 Å². The van der Waals surface area contributed by atoms with Crippen LogP contribution in [0.1, 0.15) is 18.1 Å². The van der Waals surface area contributed by atoms with Gasteiger partial charge in [-0.05, 0) is 24.6 Å². The minimum atomic E-state index is -0.0754. The maximum absolute atomic E-state index is 8.57. The molecule has 2 nitrogen and oxygen atoms in total. The number of hydrogen-bond acceptors (Lipinski definition) is 2. The molecule has 0 unspecified atom stereocenters. The van der Waals surface area contributed by atoms with Crippen molar-refractivity contribution in [1.29, 1.82) is 5.26 Å². The summed E-state index contributed by atoms with van der Waals surface area (Å²) in [6, 6.07) is 9.63. The second-order valence-electron chi connectivity index (χ2n) is 3.21. The standard InChI is InChI=1S/C10H9NO/c1-10(7-12-10)9-4-2-8(6-11)3-5-9/h2-5H,7H2,1H3/t10-/m0/s1. The molecule has 0 spiro atoms. The van der Waals surface area contributed by atoms with Crippen LogP contribution in [0.2, 0.25) is 0 Å². The molecule has 1 fully saturated rings. The van der Waals surface area contributed by atoms with Crippen LogP contribution in [-0.2, 0) is 10.3 Å². The largest absolute Gasteiger partial charge is 0.365 e. The average molecular weight is 159 g/mol. The molecule has 2 rings (SSSR count). The van der Waals surface area contributed by atoms with E-state index in [0.717, 1.165) is 12.2 Å². The van der Waals surface area contributed by atoms with E-state index in [0.29, 0.717) is 5.56 Å². The summed E-state index contributed by atoms with van der Waals surface area (Å²) < 4.78 is 5.27. The Hall–Kier alpha value is -1.33. The lowest BCUT2D eigenvalue weighted by molar-refractivity contribution is 0.329. The summed E-state index contributed by atoms with van der Waals surface area (Å²) in [6.45, 7) is 2.84. The quantitative estimate of drug-likeness (QED) is 0.586. The van der Waals surface area contributed by atoms with Gasteiger partial charge in [0.05, 0.1) is 18.2 Å². The number of epoxide rings is 1. The molecule has 0 N–H and O–H groups in total. The molecular formula is C10H9NO. The van der Waals surface area contributed by atoms with E-state index in [1.165, 1.54) is 0 Å². The Morgan fingerprint density at radius 2 is 2.00 bits per heavy atom. The van der Waals surface area contributed by atoms with Gasteiger partial charge in [0.15, 0.2) is 0 Å². The molecule has 0 radical (unpaired) electrons. The lowest BCUT2D eigenvalue weighted by Gasteiger charge is -2.03. The zero-order valence-electron chi connectivity index (χ0n) is 6.87. The Balaban J connectivity index is 2.32. The predicted molar refractivity (Wildman–Crippen MR) is 44.5 cm³/mol. The Labute approximate surface area is 71.4 Å². The molecule has 0 bridgehead atoms. The highest BCUT2D eigenvalue weighted by Gasteiger charge is 2.40. The van der Waals surface area contributed by atoms with Crippen molar-refractivity contribution in [2.24, 2.45) is 0 Å². The lowest BCUT2D eigenvalue weighted by Crippen LogP contribution is -2.00. The monoisotopic (exact) mass is 159 g/mol. The maximum Gasteiger partial charge on any atom is 0.114 e. The van der Waals surface area contributed by atoms with Crippen LogP contribution in [0.5, 0.6) is 0 Å². The highest BCUT2D eigenvalue weighted by molar-refractivity contribution is 5.35. The van der Waals surface area contributed by atoms with Crippen molar-refractivity contribution in [2.75, 3.05) is 6.61 Å². The van der Waals surface area contributed by atoms with E-state index < -0.39 is 0 Å². The highest BCUT2D eigenvalue weighted by Crippen LogP contribution is 2.37. The number of hydrogen-bond donors (Lipinski definition) is 0. The van der Waals surface area contributed by atoms with Crippen molar-refractivity contribution in [3.63, 3.8) is 0 Å². The third-order valence-electron chi connectivity index (χ3n) is 2.20.